The van der Waals surface area contributed by atoms with Gasteiger partial charge in [0.05, 0.1) is 11.3 Å². The number of benzene rings is 3. The van der Waals surface area contributed by atoms with E-state index in [0.717, 1.165) is 42.1 Å². The maximum atomic E-state index is 13.0. The number of fused-ring (bicyclic) bond motifs is 2. The van der Waals surface area contributed by atoms with Gasteiger partial charge in [0, 0.05) is 22.8 Å². The summed E-state index contributed by atoms with van der Waals surface area (Å²) in [4.78, 5) is 28.5. The van der Waals surface area contributed by atoms with Crippen molar-refractivity contribution in [3.8, 4) is 0 Å². The minimum absolute atomic E-state index is 0.0729. The summed E-state index contributed by atoms with van der Waals surface area (Å²) in [5.74, 6) is 0.237. The number of hydrogen-bond donors (Lipinski definition) is 1. The van der Waals surface area contributed by atoms with Crippen molar-refractivity contribution >= 4 is 35.0 Å². The summed E-state index contributed by atoms with van der Waals surface area (Å²) in [6.45, 7) is 0.721. The maximum absolute atomic E-state index is 13.0. The van der Waals surface area contributed by atoms with Gasteiger partial charge in [0.15, 0.2) is 0 Å². The molecular formula is C26H24N2O2S. The van der Waals surface area contributed by atoms with Crippen molar-refractivity contribution in [2.24, 2.45) is 0 Å². The zero-order chi connectivity index (χ0) is 21.2. The van der Waals surface area contributed by atoms with Gasteiger partial charge >= 0.3 is 0 Å². The Kier molecular flexibility index (Phi) is 5.51. The summed E-state index contributed by atoms with van der Waals surface area (Å²) in [6, 6.07) is 21.7. The topological polar surface area (TPSA) is 49.4 Å². The SMILES string of the molecule is O=C(Nc1ccc2c(c1)CCC2)c1ccccc1SCC(=O)N1CCc2ccccc21. The number of rotatable bonds is 5. The molecule has 0 unspecified atom stereocenters. The molecular weight excluding hydrogens is 404 g/mol. The van der Waals surface area contributed by atoms with E-state index in [1.165, 1.54) is 34.9 Å². The van der Waals surface area contributed by atoms with E-state index in [4.69, 9.17) is 0 Å². The van der Waals surface area contributed by atoms with E-state index in [9.17, 15) is 9.59 Å². The van der Waals surface area contributed by atoms with Crippen LogP contribution in [0.4, 0.5) is 11.4 Å². The third-order valence-corrected chi connectivity index (χ3v) is 7.09. The van der Waals surface area contributed by atoms with Crippen LogP contribution in [0.1, 0.15) is 33.5 Å². The monoisotopic (exact) mass is 428 g/mol. The molecule has 31 heavy (non-hydrogen) atoms. The second-order valence-corrected chi connectivity index (χ2v) is 9.02. The number of para-hydroxylation sites is 1. The van der Waals surface area contributed by atoms with Gasteiger partial charge in [-0.3, -0.25) is 9.59 Å². The molecule has 0 spiro atoms. The van der Waals surface area contributed by atoms with Crippen LogP contribution in [0.5, 0.6) is 0 Å². The summed E-state index contributed by atoms with van der Waals surface area (Å²) >= 11 is 1.42. The average Bonchev–Trinajstić information content (AvgIpc) is 3.44. The fourth-order valence-electron chi connectivity index (χ4n) is 4.44. The average molecular weight is 429 g/mol. The van der Waals surface area contributed by atoms with Crippen LogP contribution in [0, 0.1) is 0 Å². The van der Waals surface area contributed by atoms with Crippen LogP contribution in [0.2, 0.25) is 0 Å². The summed E-state index contributed by atoms with van der Waals surface area (Å²) in [5, 5.41) is 3.04. The molecule has 0 fully saturated rings. The molecule has 4 nitrogen and oxygen atoms in total. The smallest absolute Gasteiger partial charge is 0.256 e. The standard InChI is InChI=1S/C26H24N2O2S/c29-25(28-15-14-19-6-1-3-10-23(19)28)17-31-24-11-4-2-9-22(24)26(30)27-21-13-12-18-7-5-8-20(18)16-21/h1-4,6,9-13,16H,5,7-8,14-15,17H2,(H,27,30). The molecule has 3 aromatic rings. The largest absolute Gasteiger partial charge is 0.322 e. The Bertz CT molecular complexity index is 1160. The summed E-state index contributed by atoms with van der Waals surface area (Å²) in [5.41, 5.74) is 6.37. The van der Waals surface area contributed by atoms with Crippen LogP contribution in [-0.4, -0.2) is 24.1 Å². The molecule has 5 rings (SSSR count). The highest BCUT2D eigenvalue weighted by Gasteiger charge is 2.24. The molecule has 0 atom stereocenters. The molecule has 3 aromatic carbocycles. The van der Waals surface area contributed by atoms with Crippen molar-refractivity contribution in [3.63, 3.8) is 0 Å². The molecule has 1 aliphatic carbocycles. The van der Waals surface area contributed by atoms with E-state index in [1.807, 2.05) is 53.4 Å². The minimum Gasteiger partial charge on any atom is -0.322 e. The third kappa shape index (κ3) is 4.10. The predicted molar refractivity (Wildman–Crippen MR) is 126 cm³/mol. The highest BCUT2D eigenvalue weighted by atomic mass is 32.2. The first-order valence-electron chi connectivity index (χ1n) is 10.7. The normalized spacial score (nSPS) is 14.3. The highest BCUT2D eigenvalue weighted by Crippen LogP contribution is 2.30. The third-order valence-electron chi connectivity index (χ3n) is 6.03. The minimum atomic E-state index is -0.139. The lowest BCUT2D eigenvalue weighted by Crippen LogP contribution is -2.30. The Morgan fingerprint density at radius 3 is 2.61 bits per heavy atom. The van der Waals surface area contributed by atoms with Gasteiger partial charge in [-0.25, -0.2) is 0 Å². The maximum Gasteiger partial charge on any atom is 0.256 e. The second-order valence-electron chi connectivity index (χ2n) is 8.00. The van der Waals surface area contributed by atoms with E-state index in [0.29, 0.717) is 11.3 Å². The highest BCUT2D eigenvalue weighted by molar-refractivity contribution is 8.00. The van der Waals surface area contributed by atoms with Gasteiger partial charge in [0.1, 0.15) is 0 Å². The molecule has 1 aliphatic heterocycles. The van der Waals surface area contributed by atoms with Gasteiger partial charge in [-0.15, -0.1) is 11.8 Å². The zero-order valence-electron chi connectivity index (χ0n) is 17.3. The summed E-state index contributed by atoms with van der Waals surface area (Å²) in [7, 11) is 0. The van der Waals surface area contributed by atoms with Gasteiger partial charge in [-0.1, -0.05) is 36.4 Å². The van der Waals surface area contributed by atoms with E-state index < -0.39 is 0 Å². The first-order valence-corrected chi connectivity index (χ1v) is 11.7. The molecule has 1 heterocycles. The first kappa shape index (κ1) is 19.9. The van der Waals surface area contributed by atoms with Crippen molar-refractivity contribution in [1.29, 1.82) is 0 Å². The Labute approximate surface area is 186 Å². The lowest BCUT2D eigenvalue weighted by atomic mass is 10.1. The van der Waals surface area contributed by atoms with Crippen LogP contribution in [0.25, 0.3) is 0 Å². The molecule has 0 saturated carbocycles. The van der Waals surface area contributed by atoms with E-state index in [2.05, 4.69) is 23.5 Å². The van der Waals surface area contributed by atoms with Crippen molar-refractivity contribution in [3.05, 3.63) is 89.0 Å². The molecule has 2 aliphatic rings. The molecule has 0 aromatic heterocycles. The Morgan fingerprint density at radius 2 is 1.68 bits per heavy atom. The quantitative estimate of drug-likeness (QED) is 0.575. The Balaban J connectivity index is 1.27. The number of anilines is 2. The van der Waals surface area contributed by atoms with Crippen molar-refractivity contribution in [2.75, 3.05) is 22.5 Å². The Hall–Kier alpha value is -3.05. The molecule has 0 radical (unpaired) electrons. The van der Waals surface area contributed by atoms with Crippen molar-refractivity contribution in [2.45, 2.75) is 30.6 Å². The molecule has 0 bridgehead atoms. The number of amides is 2. The van der Waals surface area contributed by atoms with Crippen LogP contribution in [0.15, 0.2) is 71.6 Å². The number of carbonyl (C=O) groups is 2. The molecule has 0 saturated heterocycles. The zero-order valence-corrected chi connectivity index (χ0v) is 18.1. The summed E-state index contributed by atoms with van der Waals surface area (Å²) < 4.78 is 0. The van der Waals surface area contributed by atoms with E-state index in [-0.39, 0.29) is 11.8 Å². The van der Waals surface area contributed by atoms with Crippen LogP contribution in [0.3, 0.4) is 0 Å². The van der Waals surface area contributed by atoms with Crippen molar-refractivity contribution < 1.29 is 9.59 Å². The summed E-state index contributed by atoms with van der Waals surface area (Å²) in [6.07, 6.45) is 4.28. The predicted octanol–water partition coefficient (Wildman–Crippen LogP) is 5.11. The van der Waals surface area contributed by atoms with Gasteiger partial charge in [0.25, 0.3) is 5.91 Å². The lowest BCUT2D eigenvalue weighted by molar-refractivity contribution is -0.116. The molecule has 1 N–H and O–H groups in total. The molecule has 156 valence electrons. The van der Waals surface area contributed by atoms with E-state index in [1.54, 1.807) is 0 Å². The molecule has 2 amide bonds. The fraction of sp³-hybridized carbons (Fsp3) is 0.231. The van der Waals surface area contributed by atoms with Gasteiger partial charge < -0.3 is 10.2 Å². The van der Waals surface area contributed by atoms with E-state index >= 15 is 0 Å². The van der Waals surface area contributed by atoms with Crippen LogP contribution in [-0.2, 0) is 24.1 Å². The number of thioether (sulfide) groups is 1. The van der Waals surface area contributed by atoms with Gasteiger partial charge in [-0.2, -0.15) is 0 Å². The number of nitrogens with one attached hydrogen (secondary N) is 1. The first-order chi connectivity index (χ1) is 15.2. The number of hydrogen-bond acceptors (Lipinski definition) is 3. The Morgan fingerprint density at radius 1 is 0.871 bits per heavy atom. The van der Waals surface area contributed by atoms with Crippen LogP contribution < -0.4 is 10.2 Å². The fourth-order valence-corrected chi connectivity index (χ4v) is 5.37. The second kappa shape index (κ2) is 8.60. The van der Waals surface area contributed by atoms with Gasteiger partial charge in [0.2, 0.25) is 5.91 Å². The van der Waals surface area contributed by atoms with Gasteiger partial charge in [-0.05, 0) is 72.7 Å². The lowest BCUT2D eigenvalue weighted by Gasteiger charge is -2.17. The number of aryl methyl sites for hydroxylation is 2. The molecule has 5 heteroatoms. The number of nitrogens with zero attached hydrogens (tertiary/aromatic N) is 1. The number of carbonyl (C=O) groups excluding carboxylic acids is 2. The van der Waals surface area contributed by atoms with Crippen LogP contribution >= 0.6 is 11.8 Å². The van der Waals surface area contributed by atoms with Crippen molar-refractivity contribution in [1.82, 2.24) is 0 Å².